The van der Waals surface area contributed by atoms with Crippen molar-refractivity contribution in [2.75, 3.05) is 6.54 Å². The summed E-state index contributed by atoms with van der Waals surface area (Å²) >= 11 is 0. The first-order chi connectivity index (χ1) is 5.16. The van der Waals surface area contributed by atoms with E-state index >= 15 is 0 Å². The number of hydrogen-bond acceptors (Lipinski definition) is 2. The topological polar surface area (TPSA) is 62.0 Å². The highest BCUT2D eigenvalue weighted by atomic mass is 16.3. The predicted octanol–water partition coefficient (Wildman–Crippen LogP) is 0.624. The van der Waals surface area contributed by atoms with Crippen LogP contribution in [0, 0.1) is 13.8 Å². The third kappa shape index (κ3) is 1.44. The van der Waals surface area contributed by atoms with Gasteiger partial charge in [-0.25, -0.2) is 0 Å². The van der Waals surface area contributed by atoms with Gasteiger partial charge < -0.3 is 15.8 Å². The third-order valence-electron chi connectivity index (χ3n) is 1.89. The molecular formula is C8H14N2O. The molecule has 3 nitrogen and oxygen atoms in total. The second-order valence-electron chi connectivity index (χ2n) is 2.76. The third-order valence-corrected chi connectivity index (χ3v) is 1.89. The lowest BCUT2D eigenvalue weighted by molar-refractivity contribution is 0.185. The highest BCUT2D eigenvalue weighted by molar-refractivity contribution is 5.31. The Morgan fingerprint density at radius 3 is 2.64 bits per heavy atom. The molecule has 1 atom stereocenters. The number of nitrogens with two attached hydrogens (primary N) is 1. The van der Waals surface area contributed by atoms with Crippen molar-refractivity contribution in [2.24, 2.45) is 5.73 Å². The Labute approximate surface area is 66.2 Å². The molecule has 4 N–H and O–H groups in total. The van der Waals surface area contributed by atoms with Crippen molar-refractivity contribution in [3.63, 3.8) is 0 Å². The van der Waals surface area contributed by atoms with E-state index < -0.39 is 6.10 Å². The summed E-state index contributed by atoms with van der Waals surface area (Å²) in [6, 6.07) is 0. The van der Waals surface area contributed by atoms with E-state index in [1.165, 1.54) is 0 Å². The van der Waals surface area contributed by atoms with Crippen LogP contribution in [0.25, 0.3) is 0 Å². The lowest BCUT2D eigenvalue weighted by Gasteiger charge is -2.08. The molecule has 0 radical (unpaired) electrons. The van der Waals surface area contributed by atoms with Gasteiger partial charge in [0, 0.05) is 24.0 Å². The Balaban J connectivity index is 3.00. The Kier molecular flexibility index (Phi) is 2.31. The zero-order chi connectivity index (χ0) is 8.43. The Morgan fingerprint density at radius 2 is 2.27 bits per heavy atom. The maximum atomic E-state index is 9.43. The Bertz CT molecular complexity index is 223. The van der Waals surface area contributed by atoms with Gasteiger partial charge >= 0.3 is 0 Å². The number of nitrogens with one attached hydrogen (secondary N) is 1. The molecule has 0 aliphatic heterocycles. The van der Waals surface area contributed by atoms with Crippen LogP contribution in [-0.2, 0) is 0 Å². The van der Waals surface area contributed by atoms with Gasteiger partial charge in [-0.15, -0.1) is 0 Å². The largest absolute Gasteiger partial charge is 0.387 e. The van der Waals surface area contributed by atoms with E-state index in [9.17, 15) is 5.11 Å². The van der Waals surface area contributed by atoms with Crippen molar-refractivity contribution in [1.82, 2.24) is 4.98 Å². The summed E-state index contributed by atoms with van der Waals surface area (Å²) in [7, 11) is 0. The van der Waals surface area contributed by atoms with Gasteiger partial charge in [0.15, 0.2) is 0 Å². The molecule has 0 aliphatic carbocycles. The summed E-state index contributed by atoms with van der Waals surface area (Å²) in [5.74, 6) is 0. The minimum absolute atomic E-state index is 0.277. The molecule has 0 bridgehead atoms. The van der Waals surface area contributed by atoms with Gasteiger partial charge in [0.05, 0.1) is 6.10 Å². The lowest BCUT2D eigenvalue weighted by Crippen LogP contribution is -2.12. The van der Waals surface area contributed by atoms with Gasteiger partial charge in [0.2, 0.25) is 0 Å². The first-order valence-corrected chi connectivity index (χ1v) is 3.69. The van der Waals surface area contributed by atoms with Crippen LogP contribution < -0.4 is 5.73 Å². The quantitative estimate of drug-likeness (QED) is 0.585. The van der Waals surface area contributed by atoms with Gasteiger partial charge in [0.1, 0.15) is 0 Å². The van der Waals surface area contributed by atoms with E-state index in [0.29, 0.717) is 0 Å². The monoisotopic (exact) mass is 154 g/mol. The van der Waals surface area contributed by atoms with E-state index in [1.54, 1.807) is 0 Å². The Hall–Kier alpha value is -0.800. The van der Waals surface area contributed by atoms with Crippen LogP contribution in [0.3, 0.4) is 0 Å². The van der Waals surface area contributed by atoms with Crippen molar-refractivity contribution in [3.8, 4) is 0 Å². The second kappa shape index (κ2) is 3.07. The first kappa shape index (κ1) is 8.30. The zero-order valence-corrected chi connectivity index (χ0v) is 6.89. The molecule has 1 heterocycles. The standard InChI is InChI=1S/C8H14N2O/c1-5-4-10-6(2)8(5)7(11)3-9/h4,7,10-11H,3,9H2,1-2H3/t7-/m0/s1. The van der Waals surface area contributed by atoms with E-state index in [1.807, 2.05) is 20.0 Å². The van der Waals surface area contributed by atoms with E-state index in [4.69, 9.17) is 5.73 Å². The van der Waals surface area contributed by atoms with Gasteiger partial charge in [-0.2, -0.15) is 0 Å². The van der Waals surface area contributed by atoms with Crippen LogP contribution in [-0.4, -0.2) is 16.6 Å². The zero-order valence-electron chi connectivity index (χ0n) is 6.89. The van der Waals surface area contributed by atoms with Crippen LogP contribution in [0.4, 0.5) is 0 Å². The van der Waals surface area contributed by atoms with Crippen LogP contribution >= 0.6 is 0 Å². The molecule has 0 aromatic carbocycles. The molecule has 3 heteroatoms. The maximum absolute atomic E-state index is 9.43. The number of hydrogen-bond donors (Lipinski definition) is 3. The number of aliphatic hydroxyl groups is 1. The van der Waals surface area contributed by atoms with Crippen molar-refractivity contribution in [2.45, 2.75) is 20.0 Å². The summed E-state index contributed by atoms with van der Waals surface area (Å²) in [5.41, 5.74) is 8.34. The molecule has 62 valence electrons. The summed E-state index contributed by atoms with van der Waals surface area (Å²) in [4.78, 5) is 3.04. The van der Waals surface area contributed by atoms with Gasteiger partial charge in [-0.05, 0) is 19.4 Å². The van der Waals surface area contributed by atoms with E-state index in [0.717, 1.165) is 16.8 Å². The van der Waals surface area contributed by atoms with Gasteiger partial charge in [-0.3, -0.25) is 0 Å². The summed E-state index contributed by atoms with van der Waals surface area (Å²) in [6.45, 7) is 4.17. The van der Waals surface area contributed by atoms with Gasteiger partial charge in [0.25, 0.3) is 0 Å². The molecule has 0 saturated heterocycles. The molecule has 0 saturated carbocycles. The van der Waals surface area contributed by atoms with Crippen molar-refractivity contribution < 1.29 is 5.11 Å². The number of aromatic amines is 1. The van der Waals surface area contributed by atoms with Crippen LogP contribution in [0.15, 0.2) is 6.20 Å². The van der Waals surface area contributed by atoms with Crippen molar-refractivity contribution in [1.29, 1.82) is 0 Å². The lowest BCUT2D eigenvalue weighted by atomic mass is 10.1. The normalized spacial score (nSPS) is 13.5. The predicted molar refractivity (Wildman–Crippen MR) is 44.3 cm³/mol. The SMILES string of the molecule is Cc1c[nH]c(C)c1[C@@H](O)CN. The fourth-order valence-electron chi connectivity index (χ4n) is 1.30. The molecule has 0 amide bonds. The maximum Gasteiger partial charge on any atom is 0.0931 e. The number of H-pyrrole nitrogens is 1. The fourth-order valence-corrected chi connectivity index (χ4v) is 1.30. The molecule has 0 fully saturated rings. The van der Waals surface area contributed by atoms with Crippen LogP contribution in [0.2, 0.25) is 0 Å². The second-order valence-corrected chi connectivity index (χ2v) is 2.76. The summed E-state index contributed by atoms with van der Waals surface area (Å²) in [6.07, 6.45) is 1.35. The van der Waals surface area contributed by atoms with Crippen molar-refractivity contribution in [3.05, 3.63) is 23.0 Å². The first-order valence-electron chi connectivity index (χ1n) is 3.69. The molecule has 0 unspecified atom stereocenters. The van der Waals surface area contributed by atoms with Gasteiger partial charge in [-0.1, -0.05) is 0 Å². The molecule has 0 spiro atoms. The highest BCUT2D eigenvalue weighted by Gasteiger charge is 2.11. The van der Waals surface area contributed by atoms with E-state index in [2.05, 4.69) is 4.98 Å². The number of aliphatic hydroxyl groups excluding tert-OH is 1. The van der Waals surface area contributed by atoms with E-state index in [-0.39, 0.29) is 6.54 Å². The number of rotatable bonds is 2. The smallest absolute Gasteiger partial charge is 0.0931 e. The molecule has 0 aliphatic rings. The molecular weight excluding hydrogens is 140 g/mol. The molecule has 1 aromatic heterocycles. The number of aryl methyl sites for hydroxylation is 2. The average molecular weight is 154 g/mol. The summed E-state index contributed by atoms with van der Waals surface area (Å²) < 4.78 is 0. The van der Waals surface area contributed by atoms with Crippen LogP contribution in [0.5, 0.6) is 0 Å². The molecule has 1 aromatic rings. The minimum atomic E-state index is -0.527. The number of aromatic nitrogens is 1. The van der Waals surface area contributed by atoms with Crippen LogP contribution in [0.1, 0.15) is 22.9 Å². The average Bonchev–Trinajstić information content (AvgIpc) is 2.30. The summed E-state index contributed by atoms with van der Waals surface area (Å²) in [5, 5.41) is 9.43. The fraction of sp³-hybridized carbons (Fsp3) is 0.500. The highest BCUT2D eigenvalue weighted by Crippen LogP contribution is 2.19. The molecule has 1 rings (SSSR count). The van der Waals surface area contributed by atoms with Crippen molar-refractivity contribution >= 4 is 0 Å². The molecule has 11 heavy (non-hydrogen) atoms. The Morgan fingerprint density at radius 1 is 1.64 bits per heavy atom. The minimum Gasteiger partial charge on any atom is -0.387 e.